The Balaban J connectivity index is 2.48. The lowest BCUT2D eigenvalue weighted by molar-refractivity contribution is -0.107. The molecule has 1 rings (SSSR count). The highest BCUT2D eigenvalue weighted by Gasteiger charge is 2.16. The zero-order valence-electron chi connectivity index (χ0n) is 11.3. The monoisotopic (exact) mass is 334 g/mol. The zero-order valence-corrected chi connectivity index (χ0v) is 14.6. The molecule has 0 aliphatic carbocycles. The molecule has 1 aromatic heterocycles. The lowest BCUT2D eigenvalue weighted by Crippen LogP contribution is -2.10. The van der Waals surface area contributed by atoms with E-state index in [1.54, 1.807) is 41.8 Å². The normalized spacial score (nSPS) is 12.4. The molecule has 0 radical (unpaired) electrons. The van der Waals surface area contributed by atoms with Crippen molar-refractivity contribution in [3.05, 3.63) is 12.2 Å². The summed E-state index contributed by atoms with van der Waals surface area (Å²) >= 11 is 6.31. The van der Waals surface area contributed by atoms with E-state index in [-0.39, 0.29) is 5.12 Å². The van der Waals surface area contributed by atoms with Crippen LogP contribution in [0.1, 0.15) is 26.7 Å². The summed E-state index contributed by atoms with van der Waals surface area (Å²) in [6.07, 6.45) is 4.11. The standard InChI is InChI=1S/C12H18N2OS4/c1-5-6-9(18-10(15)8(2)3)7-17-12-14-13-11(16-4)19-12/h9H,2,5-7H2,1,3-4H3. The first kappa shape index (κ1) is 17.1. The molecule has 7 heteroatoms. The maximum atomic E-state index is 11.7. The summed E-state index contributed by atoms with van der Waals surface area (Å²) < 4.78 is 1.97. The maximum absolute atomic E-state index is 11.7. The fraction of sp³-hybridized carbons (Fsp3) is 0.583. The molecule has 19 heavy (non-hydrogen) atoms. The lowest BCUT2D eigenvalue weighted by Gasteiger charge is -2.13. The highest BCUT2D eigenvalue weighted by molar-refractivity contribution is 8.15. The molecule has 0 spiro atoms. The smallest absolute Gasteiger partial charge is 0.214 e. The van der Waals surface area contributed by atoms with E-state index in [1.165, 1.54) is 11.8 Å². The Bertz CT molecular complexity index is 433. The van der Waals surface area contributed by atoms with Crippen molar-refractivity contribution in [3.63, 3.8) is 0 Å². The van der Waals surface area contributed by atoms with E-state index in [0.29, 0.717) is 10.8 Å². The van der Waals surface area contributed by atoms with Gasteiger partial charge in [-0.05, 0) is 25.2 Å². The van der Waals surface area contributed by atoms with Gasteiger partial charge < -0.3 is 0 Å². The van der Waals surface area contributed by atoms with E-state index in [9.17, 15) is 4.79 Å². The molecule has 0 saturated heterocycles. The summed E-state index contributed by atoms with van der Waals surface area (Å²) in [5.74, 6) is 0.889. The average molecular weight is 335 g/mol. The van der Waals surface area contributed by atoms with Crippen molar-refractivity contribution in [1.82, 2.24) is 10.2 Å². The Kier molecular flexibility index (Phi) is 8.13. The molecule has 1 atom stereocenters. The Hall–Kier alpha value is 0.0200. The summed E-state index contributed by atoms with van der Waals surface area (Å²) in [5, 5.41) is 8.62. The molecule has 0 aliphatic heterocycles. The van der Waals surface area contributed by atoms with Crippen molar-refractivity contribution < 1.29 is 4.79 Å². The van der Waals surface area contributed by atoms with Gasteiger partial charge in [0.15, 0.2) is 8.68 Å². The minimum Gasteiger partial charge on any atom is -0.282 e. The van der Waals surface area contributed by atoms with Crippen LogP contribution < -0.4 is 0 Å². The van der Waals surface area contributed by atoms with Crippen molar-refractivity contribution in [2.45, 2.75) is 40.6 Å². The molecule has 0 amide bonds. The third kappa shape index (κ3) is 6.33. The Morgan fingerprint density at radius 2 is 2.11 bits per heavy atom. The lowest BCUT2D eigenvalue weighted by atomic mass is 10.3. The second-order valence-corrected chi connectivity index (χ2v) is 8.52. The second-order valence-electron chi connectivity index (χ2n) is 3.95. The van der Waals surface area contributed by atoms with Gasteiger partial charge in [-0.15, -0.1) is 10.2 Å². The summed E-state index contributed by atoms with van der Waals surface area (Å²) in [4.78, 5) is 11.7. The van der Waals surface area contributed by atoms with Gasteiger partial charge in [-0.2, -0.15) is 0 Å². The van der Waals surface area contributed by atoms with Crippen molar-refractivity contribution in [2.24, 2.45) is 0 Å². The summed E-state index contributed by atoms with van der Waals surface area (Å²) in [7, 11) is 0. The van der Waals surface area contributed by atoms with Crippen LogP contribution in [0, 0.1) is 0 Å². The summed E-state index contributed by atoms with van der Waals surface area (Å²) in [6.45, 7) is 7.60. The number of rotatable bonds is 8. The number of aromatic nitrogens is 2. The van der Waals surface area contributed by atoms with Crippen LogP contribution in [0.3, 0.4) is 0 Å². The van der Waals surface area contributed by atoms with E-state index in [2.05, 4.69) is 23.7 Å². The molecule has 0 saturated carbocycles. The molecule has 1 heterocycles. The van der Waals surface area contributed by atoms with Crippen molar-refractivity contribution >= 4 is 51.7 Å². The topological polar surface area (TPSA) is 42.9 Å². The number of hydrogen-bond donors (Lipinski definition) is 0. The highest BCUT2D eigenvalue weighted by atomic mass is 32.2. The van der Waals surface area contributed by atoms with Crippen LogP contribution in [-0.2, 0) is 4.79 Å². The molecular weight excluding hydrogens is 316 g/mol. The quantitative estimate of drug-likeness (QED) is 0.520. The molecule has 106 valence electrons. The third-order valence-corrected chi connectivity index (χ3v) is 6.89. The second kappa shape index (κ2) is 9.05. The van der Waals surface area contributed by atoms with Crippen molar-refractivity contribution in [1.29, 1.82) is 0 Å². The van der Waals surface area contributed by atoms with Gasteiger partial charge in [0.1, 0.15) is 0 Å². The summed E-state index contributed by atoms with van der Waals surface area (Å²) in [5.41, 5.74) is 0.622. The van der Waals surface area contributed by atoms with Crippen LogP contribution in [0.25, 0.3) is 0 Å². The van der Waals surface area contributed by atoms with Crippen molar-refractivity contribution in [2.75, 3.05) is 12.0 Å². The molecule has 3 nitrogen and oxygen atoms in total. The van der Waals surface area contributed by atoms with E-state index in [4.69, 9.17) is 0 Å². The molecule has 0 fully saturated rings. The molecule has 0 bridgehead atoms. The number of thioether (sulfide) groups is 3. The van der Waals surface area contributed by atoms with E-state index in [1.807, 2.05) is 6.26 Å². The fourth-order valence-corrected chi connectivity index (χ4v) is 5.02. The number of hydrogen-bond acceptors (Lipinski definition) is 7. The van der Waals surface area contributed by atoms with Crippen LogP contribution in [-0.4, -0.2) is 32.6 Å². The number of nitrogens with zero attached hydrogens (tertiary/aromatic N) is 2. The molecule has 0 N–H and O–H groups in total. The molecule has 1 aromatic rings. The van der Waals surface area contributed by atoms with Gasteiger partial charge in [0, 0.05) is 11.0 Å². The molecule has 1 unspecified atom stereocenters. The number of carbonyl (C=O) groups is 1. The van der Waals surface area contributed by atoms with Gasteiger partial charge in [-0.25, -0.2) is 0 Å². The largest absolute Gasteiger partial charge is 0.282 e. The van der Waals surface area contributed by atoms with E-state index in [0.717, 1.165) is 27.3 Å². The van der Waals surface area contributed by atoms with Gasteiger partial charge in [-0.3, -0.25) is 4.79 Å². The maximum Gasteiger partial charge on any atom is 0.214 e. The SMILES string of the molecule is C=C(C)C(=O)SC(CCC)CSc1nnc(SC)s1. The fourth-order valence-electron chi connectivity index (χ4n) is 1.25. The third-order valence-electron chi connectivity index (χ3n) is 2.19. The molecule has 0 aromatic carbocycles. The first-order valence-corrected chi connectivity index (χ1v) is 9.84. The summed E-state index contributed by atoms with van der Waals surface area (Å²) in [6, 6.07) is 0. The van der Waals surface area contributed by atoms with Gasteiger partial charge in [0.2, 0.25) is 5.12 Å². The van der Waals surface area contributed by atoms with E-state index < -0.39 is 0 Å². The van der Waals surface area contributed by atoms with Crippen molar-refractivity contribution in [3.8, 4) is 0 Å². The predicted octanol–water partition coefficient (Wildman–Crippen LogP) is 4.36. The zero-order chi connectivity index (χ0) is 14.3. The van der Waals surface area contributed by atoms with Crippen LogP contribution >= 0.6 is 46.6 Å². The molecular formula is C12H18N2OS4. The van der Waals surface area contributed by atoms with Gasteiger partial charge in [-0.1, -0.05) is 66.5 Å². The Morgan fingerprint density at radius 3 is 2.63 bits per heavy atom. The minimum absolute atomic E-state index is 0.0983. The first-order chi connectivity index (χ1) is 9.06. The van der Waals surface area contributed by atoms with E-state index >= 15 is 0 Å². The minimum atomic E-state index is 0.0983. The van der Waals surface area contributed by atoms with Crippen LogP contribution in [0.2, 0.25) is 0 Å². The molecule has 0 aliphatic rings. The predicted molar refractivity (Wildman–Crippen MR) is 88.5 cm³/mol. The first-order valence-electron chi connectivity index (χ1n) is 5.93. The average Bonchev–Trinajstić information content (AvgIpc) is 2.84. The van der Waals surface area contributed by atoms with Crippen LogP contribution in [0.15, 0.2) is 20.8 Å². The van der Waals surface area contributed by atoms with Crippen LogP contribution in [0.5, 0.6) is 0 Å². The van der Waals surface area contributed by atoms with Gasteiger partial charge in [0.05, 0.1) is 0 Å². The Morgan fingerprint density at radius 1 is 1.42 bits per heavy atom. The Labute approximate surface area is 131 Å². The number of carbonyl (C=O) groups excluding carboxylic acids is 1. The van der Waals surface area contributed by atoms with Gasteiger partial charge >= 0.3 is 0 Å². The highest BCUT2D eigenvalue weighted by Crippen LogP contribution is 2.31. The van der Waals surface area contributed by atoms with Crippen LogP contribution in [0.4, 0.5) is 0 Å². The van der Waals surface area contributed by atoms with Gasteiger partial charge in [0.25, 0.3) is 0 Å².